The fourth-order valence-corrected chi connectivity index (χ4v) is 4.26. The van der Waals surface area contributed by atoms with Crippen molar-refractivity contribution >= 4 is 58.4 Å². The lowest BCUT2D eigenvalue weighted by molar-refractivity contribution is -0.140. The average Bonchev–Trinajstić information content (AvgIpc) is 2.76. The van der Waals surface area contributed by atoms with Crippen LogP contribution in [-0.4, -0.2) is 35.1 Å². The van der Waals surface area contributed by atoms with Gasteiger partial charge in [0.15, 0.2) is 0 Å². The highest BCUT2D eigenvalue weighted by Gasteiger charge is 2.26. The molecule has 2 rings (SSSR count). The van der Waals surface area contributed by atoms with Gasteiger partial charge >= 0.3 is 0 Å². The van der Waals surface area contributed by atoms with E-state index in [-0.39, 0.29) is 18.4 Å². The van der Waals surface area contributed by atoms with Crippen molar-refractivity contribution in [3.05, 3.63) is 63.1 Å². The van der Waals surface area contributed by atoms with Crippen LogP contribution in [0.1, 0.15) is 39.2 Å². The Labute approximate surface area is 210 Å². The highest BCUT2D eigenvalue weighted by Crippen LogP contribution is 2.25. The molecule has 0 radical (unpaired) electrons. The van der Waals surface area contributed by atoms with Crippen molar-refractivity contribution in [2.45, 2.75) is 51.1 Å². The van der Waals surface area contributed by atoms with Gasteiger partial charge in [-0.05, 0) is 67.0 Å². The summed E-state index contributed by atoms with van der Waals surface area (Å²) in [4.78, 5) is 28.5. The van der Waals surface area contributed by atoms with Crippen LogP contribution in [0.4, 0.5) is 0 Å². The van der Waals surface area contributed by atoms with Crippen LogP contribution in [0.2, 0.25) is 15.1 Å². The summed E-state index contributed by atoms with van der Waals surface area (Å²) in [6.45, 7) is 6.67. The van der Waals surface area contributed by atoms with Crippen LogP contribution in [0.15, 0.2) is 47.4 Å². The predicted octanol–water partition coefficient (Wildman–Crippen LogP) is 6.71. The molecule has 0 bridgehead atoms. The lowest BCUT2D eigenvalue weighted by Gasteiger charge is -2.29. The average molecular weight is 516 g/mol. The van der Waals surface area contributed by atoms with Gasteiger partial charge in [-0.15, -0.1) is 11.8 Å². The molecule has 1 N–H and O–H groups in total. The zero-order valence-electron chi connectivity index (χ0n) is 18.5. The molecule has 0 spiro atoms. The van der Waals surface area contributed by atoms with E-state index in [2.05, 4.69) is 5.32 Å². The summed E-state index contributed by atoms with van der Waals surface area (Å²) in [5, 5.41) is 4.50. The summed E-state index contributed by atoms with van der Waals surface area (Å²) in [6.07, 6.45) is 1.05. The third-order valence-electron chi connectivity index (χ3n) is 4.81. The third kappa shape index (κ3) is 8.86. The van der Waals surface area contributed by atoms with Gasteiger partial charge in [-0.1, -0.05) is 54.7 Å². The molecule has 0 aliphatic carbocycles. The monoisotopic (exact) mass is 514 g/mol. The lowest BCUT2D eigenvalue weighted by atomic mass is 10.1. The minimum atomic E-state index is -0.598. The summed E-state index contributed by atoms with van der Waals surface area (Å²) in [7, 11) is 0. The zero-order chi connectivity index (χ0) is 23.7. The van der Waals surface area contributed by atoms with E-state index in [4.69, 9.17) is 34.8 Å². The first-order valence-electron chi connectivity index (χ1n) is 10.6. The first kappa shape index (κ1) is 26.8. The zero-order valence-corrected chi connectivity index (χ0v) is 21.6. The van der Waals surface area contributed by atoms with Gasteiger partial charge in [0.1, 0.15) is 6.04 Å². The number of benzene rings is 2. The maximum absolute atomic E-state index is 13.1. The topological polar surface area (TPSA) is 49.4 Å². The van der Waals surface area contributed by atoms with Gasteiger partial charge < -0.3 is 10.2 Å². The fourth-order valence-electron chi connectivity index (χ4n) is 2.96. The van der Waals surface area contributed by atoms with Crippen molar-refractivity contribution in [3.8, 4) is 0 Å². The summed E-state index contributed by atoms with van der Waals surface area (Å²) >= 11 is 19.8. The number of carbonyl (C=O) groups excluding carboxylic acids is 2. The van der Waals surface area contributed by atoms with Crippen LogP contribution in [0, 0.1) is 5.92 Å². The molecule has 1 atom stereocenters. The molecule has 0 saturated carbocycles. The fraction of sp³-hybridized carbons (Fsp3) is 0.417. The van der Waals surface area contributed by atoms with E-state index in [9.17, 15) is 9.59 Å². The summed E-state index contributed by atoms with van der Waals surface area (Å²) in [6, 6.07) is 12.3. The van der Waals surface area contributed by atoms with E-state index in [1.807, 2.05) is 44.2 Å². The number of nitrogens with one attached hydrogen (secondary N) is 1. The van der Waals surface area contributed by atoms with Crippen LogP contribution >= 0.6 is 46.6 Å². The molecular formula is C24H29Cl3N2O2S. The van der Waals surface area contributed by atoms with Crippen molar-refractivity contribution in [2.24, 2.45) is 5.92 Å². The van der Waals surface area contributed by atoms with Crippen LogP contribution in [0.3, 0.4) is 0 Å². The number of halogens is 3. The van der Waals surface area contributed by atoms with Gasteiger partial charge in [-0.2, -0.15) is 0 Å². The van der Waals surface area contributed by atoms with E-state index in [0.29, 0.717) is 40.4 Å². The van der Waals surface area contributed by atoms with Gasteiger partial charge in [0, 0.05) is 29.4 Å². The normalized spacial score (nSPS) is 12.0. The minimum Gasteiger partial charge on any atom is -0.354 e. The van der Waals surface area contributed by atoms with E-state index >= 15 is 0 Å². The van der Waals surface area contributed by atoms with E-state index in [1.54, 1.807) is 35.7 Å². The molecule has 0 unspecified atom stereocenters. The molecule has 0 fully saturated rings. The quantitative estimate of drug-likeness (QED) is 0.267. The molecule has 0 aromatic heterocycles. The molecule has 2 aromatic rings. The van der Waals surface area contributed by atoms with Crippen molar-refractivity contribution in [1.82, 2.24) is 10.2 Å². The van der Waals surface area contributed by atoms with Crippen LogP contribution in [-0.2, 0) is 16.1 Å². The van der Waals surface area contributed by atoms with Gasteiger partial charge in [-0.25, -0.2) is 0 Å². The number of hydrogen-bond acceptors (Lipinski definition) is 3. The molecule has 0 saturated heterocycles. The Kier molecular flexibility index (Phi) is 11.2. The summed E-state index contributed by atoms with van der Waals surface area (Å²) in [5.41, 5.74) is 0.826. The van der Waals surface area contributed by atoms with Gasteiger partial charge in [0.2, 0.25) is 11.8 Å². The lowest BCUT2D eigenvalue weighted by Crippen LogP contribution is -2.48. The molecular weight excluding hydrogens is 487 g/mol. The maximum Gasteiger partial charge on any atom is 0.242 e. The molecule has 0 aliphatic heterocycles. The molecule has 0 heterocycles. The highest BCUT2D eigenvalue weighted by atomic mass is 35.5. The molecule has 2 amide bonds. The summed E-state index contributed by atoms with van der Waals surface area (Å²) in [5.74, 6) is 0.889. The van der Waals surface area contributed by atoms with Gasteiger partial charge in [-0.3, -0.25) is 9.59 Å². The van der Waals surface area contributed by atoms with Gasteiger partial charge in [0.05, 0.1) is 10.0 Å². The molecule has 0 aliphatic rings. The van der Waals surface area contributed by atoms with Crippen molar-refractivity contribution in [1.29, 1.82) is 0 Å². The number of thioether (sulfide) groups is 1. The van der Waals surface area contributed by atoms with E-state index in [0.717, 1.165) is 16.2 Å². The Balaban J connectivity index is 2.02. The number of hydrogen-bond donors (Lipinski definition) is 1. The van der Waals surface area contributed by atoms with Gasteiger partial charge in [0.25, 0.3) is 0 Å². The second kappa shape index (κ2) is 13.3. The highest BCUT2D eigenvalue weighted by molar-refractivity contribution is 7.99. The number of nitrogens with zero attached hydrogens (tertiary/aromatic N) is 1. The van der Waals surface area contributed by atoms with Crippen LogP contribution < -0.4 is 5.32 Å². The summed E-state index contributed by atoms with van der Waals surface area (Å²) < 4.78 is 0. The predicted molar refractivity (Wildman–Crippen MR) is 136 cm³/mol. The van der Waals surface area contributed by atoms with Crippen LogP contribution in [0.5, 0.6) is 0 Å². The Morgan fingerprint density at radius 3 is 2.31 bits per heavy atom. The molecule has 4 nitrogen and oxygen atoms in total. The Bertz CT molecular complexity index is 907. The first-order valence-corrected chi connectivity index (χ1v) is 12.7. The third-order valence-corrected chi connectivity index (χ3v) is 6.90. The Morgan fingerprint density at radius 1 is 1.00 bits per heavy atom. The largest absolute Gasteiger partial charge is 0.354 e. The Morgan fingerprint density at radius 2 is 1.69 bits per heavy atom. The smallest absolute Gasteiger partial charge is 0.242 e. The van der Waals surface area contributed by atoms with Crippen LogP contribution in [0.25, 0.3) is 0 Å². The van der Waals surface area contributed by atoms with Crippen molar-refractivity contribution in [3.63, 3.8) is 0 Å². The minimum absolute atomic E-state index is 0.0695. The number of amides is 2. The molecule has 8 heteroatoms. The van der Waals surface area contributed by atoms with E-state index < -0.39 is 6.04 Å². The SMILES string of the molecule is CC(C)CNC(=O)[C@H](C)N(Cc1ccc(Cl)c(Cl)c1)C(=O)CCCSc1ccc(Cl)cc1. The first-order chi connectivity index (χ1) is 15.2. The molecule has 32 heavy (non-hydrogen) atoms. The Hall–Kier alpha value is -1.40. The molecule has 2 aromatic carbocycles. The second-order valence-electron chi connectivity index (χ2n) is 7.99. The van der Waals surface area contributed by atoms with Crippen molar-refractivity contribution in [2.75, 3.05) is 12.3 Å². The second-order valence-corrected chi connectivity index (χ2v) is 10.4. The standard InChI is InChI=1S/C24H29Cl3N2O2S/c1-16(2)14-28-24(31)17(3)29(15-18-6-11-21(26)22(27)13-18)23(30)5-4-12-32-20-9-7-19(25)8-10-20/h6-11,13,16-17H,4-5,12,14-15H2,1-3H3,(H,28,31)/t17-/m0/s1. The maximum atomic E-state index is 13.1. The van der Waals surface area contributed by atoms with Crippen molar-refractivity contribution < 1.29 is 9.59 Å². The molecule has 174 valence electrons. The van der Waals surface area contributed by atoms with E-state index in [1.165, 1.54) is 0 Å². The number of carbonyl (C=O) groups is 2. The number of rotatable bonds is 11.